The quantitative estimate of drug-likeness (QED) is 0.636. The molecule has 0 radical (unpaired) electrons. The van der Waals surface area contributed by atoms with Crippen molar-refractivity contribution in [3.63, 3.8) is 0 Å². The van der Waals surface area contributed by atoms with E-state index < -0.39 is 6.04 Å². The Balaban J connectivity index is 1.82. The minimum absolute atomic E-state index is 0.179. The zero-order chi connectivity index (χ0) is 20.1. The van der Waals surface area contributed by atoms with Gasteiger partial charge in [0.1, 0.15) is 10.6 Å². The van der Waals surface area contributed by atoms with Gasteiger partial charge in [-0.1, -0.05) is 53.8 Å². The molecule has 0 aliphatic carbocycles. The number of benzene rings is 2. The van der Waals surface area contributed by atoms with Crippen molar-refractivity contribution in [3.8, 4) is 5.75 Å². The van der Waals surface area contributed by atoms with Gasteiger partial charge in [-0.25, -0.2) is 4.98 Å². The number of ether oxygens (including phenoxy) is 1. The van der Waals surface area contributed by atoms with Crippen LogP contribution in [0.3, 0.4) is 0 Å². The van der Waals surface area contributed by atoms with Gasteiger partial charge in [0.25, 0.3) is 5.91 Å². The number of methoxy groups -OCH3 is 1. The second-order valence-corrected chi connectivity index (χ2v) is 7.24. The highest BCUT2D eigenvalue weighted by Crippen LogP contribution is 2.35. The van der Waals surface area contributed by atoms with Crippen molar-refractivity contribution in [1.82, 2.24) is 10.3 Å². The number of amides is 1. The number of hydrogen-bond donors (Lipinski definition) is 2. The number of rotatable bonds is 7. The summed E-state index contributed by atoms with van der Waals surface area (Å²) in [5.41, 5.74) is 2.36. The molecule has 2 N–H and O–H groups in total. The molecule has 3 aromatic rings. The molecule has 1 amide bonds. The maximum Gasteiger partial charge on any atom is 0.263 e. The highest BCUT2D eigenvalue weighted by atomic mass is 32.1. The molecule has 0 aliphatic heterocycles. The first-order chi connectivity index (χ1) is 13.5. The van der Waals surface area contributed by atoms with E-state index in [0.717, 1.165) is 17.0 Å². The van der Waals surface area contributed by atoms with E-state index in [0.29, 0.717) is 15.7 Å². The lowest BCUT2D eigenvalue weighted by atomic mass is 10.1. The number of aliphatic hydroxyl groups excluding tert-OH is 1. The highest BCUT2D eigenvalue weighted by molar-refractivity contribution is 7.17. The van der Waals surface area contributed by atoms with Gasteiger partial charge in [-0.05, 0) is 24.6 Å². The van der Waals surface area contributed by atoms with Crippen molar-refractivity contribution in [2.45, 2.75) is 13.0 Å². The summed E-state index contributed by atoms with van der Waals surface area (Å²) < 4.78 is 5.42. The summed E-state index contributed by atoms with van der Waals surface area (Å²) in [6.07, 6.45) is 0. The number of carbonyl (C=O) groups is 1. The molecule has 7 heteroatoms. The lowest BCUT2D eigenvalue weighted by molar-refractivity contribution is 0.0919. The topological polar surface area (TPSA) is 74.7 Å². The molecule has 0 spiro atoms. The fourth-order valence-electron chi connectivity index (χ4n) is 2.89. The summed E-state index contributed by atoms with van der Waals surface area (Å²) in [5, 5.41) is 13.3. The van der Waals surface area contributed by atoms with Gasteiger partial charge in [-0.15, -0.1) is 0 Å². The maximum absolute atomic E-state index is 12.8. The van der Waals surface area contributed by atoms with Crippen LogP contribution in [0.4, 0.5) is 10.8 Å². The molecule has 0 bridgehead atoms. The zero-order valence-corrected chi connectivity index (χ0v) is 16.9. The van der Waals surface area contributed by atoms with Crippen LogP contribution in [-0.2, 0) is 0 Å². The molecule has 6 nitrogen and oxygen atoms in total. The molecule has 1 heterocycles. The summed E-state index contributed by atoms with van der Waals surface area (Å²) in [7, 11) is 3.51. The van der Waals surface area contributed by atoms with Gasteiger partial charge in [-0.3, -0.25) is 4.79 Å². The van der Waals surface area contributed by atoms with Crippen LogP contribution in [0.25, 0.3) is 0 Å². The molecule has 0 saturated carbocycles. The van der Waals surface area contributed by atoms with E-state index in [4.69, 9.17) is 4.74 Å². The van der Waals surface area contributed by atoms with Gasteiger partial charge in [-0.2, -0.15) is 0 Å². The molecule has 2 aromatic carbocycles. The Kier molecular flexibility index (Phi) is 6.28. The maximum atomic E-state index is 12.8. The molecule has 1 aromatic heterocycles. The van der Waals surface area contributed by atoms with Crippen molar-refractivity contribution in [1.29, 1.82) is 0 Å². The van der Waals surface area contributed by atoms with E-state index in [1.165, 1.54) is 11.3 Å². The number of thiazole rings is 1. The fourth-order valence-corrected chi connectivity index (χ4v) is 3.84. The predicted octanol–water partition coefficient (Wildman–Crippen LogP) is 3.69. The molecule has 0 fully saturated rings. The van der Waals surface area contributed by atoms with Gasteiger partial charge in [0.15, 0.2) is 5.13 Å². The number of nitrogens with zero attached hydrogens (tertiary/aromatic N) is 2. The monoisotopic (exact) mass is 397 g/mol. The van der Waals surface area contributed by atoms with Gasteiger partial charge in [0.05, 0.1) is 31.1 Å². The molecule has 0 saturated heterocycles. The third-order valence-corrected chi connectivity index (χ3v) is 5.65. The molecule has 3 rings (SSSR count). The highest BCUT2D eigenvalue weighted by Gasteiger charge is 2.22. The Morgan fingerprint density at radius 1 is 1.21 bits per heavy atom. The van der Waals surface area contributed by atoms with E-state index in [1.54, 1.807) is 14.0 Å². The summed E-state index contributed by atoms with van der Waals surface area (Å²) in [6.45, 7) is 1.63. The summed E-state index contributed by atoms with van der Waals surface area (Å²) in [4.78, 5) is 19.8. The molecule has 0 unspecified atom stereocenters. The van der Waals surface area contributed by atoms with Crippen LogP contribution < -0.4 is 15.0 Å². The predicted molar refractivity (Wildman–Crippen MR) is 112 cm³/mol. The fraction of sp³-hybridized carbons (Fsp3) is 0.238. The number of carbonyl (C=O) groups excluding carboxylic acids is 1. The number of hydrogen-bond acceptors (Lipinski definition) is 6. The van der Waals surface area contributed by atoms with E-state index in [1.807, 2.05) is 66.5 Å². The Morgan fingerprint density at radius 3 is 2.57 bits per heavy atom. The standard InChI is InChI=1S/C21H23N3O3S/c1-14-19(20(26)23-16(13-25)15-9-5-4-6-10-15)28-21(22-14)24(2)17-11-7-8-12-18(17)27-3/h4-12,16,25H,13H2,1-3H3,(H,23,26)/t16-/m1/s1. The van der Waals surface area contributed by atoms with Crippen LogP contribution in [0.1, 0.15) is 27.0 Å². The van der Waals surface area contributed by atoms with Crippen LogP contribution in [0, 0.1) is 6.92 Å². The van der Waals surface area contributed by atoms with E-state index in [9.17, 15) is 9.90 Å². The van der Waals surface area contributed by atoms with Crippen molar-refractivity contribution >= 4 is 28.1 Å². The normalized spacial score (nSPS) is 11.7. The van der Waals surface area contributed by atoms with Crippen molar-refractivity contribution in [2.24, 2.45) is 0 Å². The average molecular weight is 398 g/mol. The molecule has 0 aliphatic rings. The van der Waals surface area contributed by atoms with Crippen LogP contribution in [0.2, 0.25) is 0 Å². The molecule has 1 atom stereocenters. The largest absolute Gasteiger partial charge is 0.495 e. The Bertz CT molecular complexity index is 943. The van der Waals surface area contributed by atoms with Crippen LogP contribution in [0.15, 0.2) is 54.6 Å². The van der Waals surface area contributed by atoms with Gasteiger partial charge in [0, 0.05) is 7.05 Å². The Morgan fingerprint density at radius 2 is 1.89 bits per heavy atom. The van der Waals surface area contributed by atoms with Crippen LogP contribution >= 0.6 is 11.3 Å². The van der Waals surface area contributed by atoms with Gasteiger partial charge in [0.2, 0.25) is 0 Å². The number of anilines is 2. The van der Waals surface area contributed by atoms with Crippen LogP contribution in [0.5, 0.6) is 5.75 Å². The molecule has 28 heavy (non-hydrogen) atoms. The van der Waals surface area contributed by atoms with E-state index in [-0.39, 0.29) is 12.5 Å². The number of aryl methyl sites for hydroxylation is 1. The first-order valence-electron chi connectivity index (χ1n) is 8.86. The lowest BCUT2D eigenvalue weighted by Crippen LogP contribution is -2.30. The summed E-state index contributed by atoms with van der Waals surface area (Å²) in [6, 6.07) is 16.6. The first kappa shape index (κ1) is 19.9. The third kappa shape index (κ3) is 4.16. The number of para-hydroxylation sites is 2. The Hall–Kier alpha value is -2.90. The van der Waals surface area contributed by atoms with Crippen LogP contribution in [-0.4, -0.2) is 36.8 Å². The summed E-state index contributed by atoms with van der Waals surface area (Å²) >= 11 is 1.30. The van der Waals surface area contributed by atoms with Crippen molar-refractivity contribution in [2.75, 3.05) is 25.7 Å². The van der Waals surface area contributed by atoms with Gasteiger partial charge >= 0.3 is 0 Å². The van der Waals surface area contributed by atoms with Crippen molar-refractivity contribution < 1.29 is 14.6 Å². The summed E-state index contributed by atoms with van der Waals surface area (Å²) in [5.74, 6) is 0.478. The lowest BCUT2D eigenvalue weighted by Gasteiger charge is -2.18. The first-order valence-corrected chi connectivity index (χ1v) is 9.67. The Labute approximate surface area is 168 Å². The molecule has 146 valence electrons. The number of aromatic nitrogens is 1. The molecular weight excluding hydrogens is 374 g/mol. The van der Waals surface area contributed by atoms with E-state index >= 15 is 0 Å². The zero-order valence-electron chi connectivity index (χ0n) is 16.0. The smallest absolute Gasteiger partial charge is 0.263 e. The minimum Gasteiger partial charge on any atom is -0.495 e. The van der Waals surface area contributed by atoms with Crippen molar-refractivity contribution in [3.05, 3.63) is 70.7 Å². The number of nitrogens with one attached hydrogen (secondary N) is 1. The second-order valence-electron chi connectivity index (χ2n) is 6.26. The molecular formula is C21H23N3O3S. The SMILES string of the molecule is COc1ccccc1N(C)c1nc(C)c(C(=O)N[C@H](CO)c2ccccc2)s1. The number of aliphatic hydroxyl groups is 1. The van der Waals surface area contributed by atoms with E-state index in [2.05, 4.69) is 10.3 Å². The minimum atomic E-state index is -0.467. The average Bonchev–Trinajstić information content (AvgIpc) is 3.13. The third-order valence-electron chi connectivity index (χ3n) is 4.41. The second kappa shape index (κ2) is 8.86. The van der Waals surface area contributed by atoms with Gasteiger partial charge < -0.3 is 20.1 Å².